The number of nitrogens with zero attached hydrogens (tertiary/aromatic N) is 2. The van der Waals surface area contributed by atoms with E-state index in [0.717, 1.165) is 0 Å². The van der Waals surface area contributed by atoms with E-state index in [2.05, 4.69) is 4.98 Å². The Balaban J connectivity index is 1.99. The smallest absolute Gasteiger partial charge is 0.261 e. The first-order chi connectivity index (χ1) is 12.2. The highest BCUT2D eigenvalue weighted by atomic mass is 16.5. The molecule has 0 saturated heterocycles. The van der Waals surface area contributed by atoms with Crippen LogP contribution in [0.15, 0.2) is 73.1 Å². The Morgan fingerprint density at radius 1 is 1.08 bits per heavy atom. The van der Waals surface area contributed by atoms with E-state index in [4.69, 9.17) is 4.74 Å². The van der Waals surface area contributed by atoms with Crippen molar-refractivity contribution < 1.29 is 14.6 Å². The minimum Gasteiger partial charge on any atom is -0.497 e. The third-order valence-corrected chi connectivity index (χ3v) is 4.44. The number of amides is 1. The van der Waals surface area contributed by atoms with Crippen LogP contribution in [0, 0.1) is 0 Å². The van der Waals surface area contributed by atoms with Gasteiger partial charge in [-0.3, -0.25) is 14.7 Å². The molecule has 0 radical (unpaired) electrons. The minimum atomic E-state index is -1.63. The average Bonchev–Trinajstić information content (AvgIpc) is 2.91. The van der Waals surface area contributed by atoms with Crippen molar-refractivity contribution in [2.24, 2.45) is 0 Å². The van der Waals surface area contributed by atoms with Gasteiger partial charge in [-0.25, -0.2) is 0 Å². The van der Waals surface area contributed by atoms with Crippen LogP contribution in [0.25, 0.3) is 0 Å². The number of hydrogen-bond donors (Lipinski definition) is 1. The highest BCUT2D eigenvalue weighted by molar-refractivity contribution is 6.12. The molecule has 0 bridgehead atoms. The van der Waals surface area contributed by atoms with Crippen LogP contribution in [0.3, 0.4) is 0 Å². The van der Waals surface area contributed by atoms with Crippen LogP contribution in [0.1, 0.15) is 21.5 Å². The molecule has 1 aliphatic heterocycles. The summed E-state index contributed by atoms with van der Waals surface area (Å²) in [5, 5.41) is 11.7. The lowest BCUT2D eigenvalue weighted by Gasteiger charge is -2.34. The maximum Gasteiger partial charge on any atom is 0.261 e. The van der Waals surface area contributed by atoms with Gasteiger partial charge in [-0.1, -0.05) is 24.3 Å². The van der Waals surface area contributed by atoms with Gasteiger partial charge >= 0.3 is 0 Å². The molecule has 0 aliphatic carbocycles. The molecule has 1 aliphatic rings. The van der Waals surface area contributed by atoms with Gasteiger partial charge in [0.2, 0.25) is 0 Å². The molecule has 2 heterocycles. The molecule has 25 heavy (non-hydrogen) atoms. The molecule has 5 nitrogen and oxygen atoms in total. The number of para-hydroxylation sites is 1. The topological polar surface area (TPSA) is 62.7 Å². The summed E-state index contributed by atoms with van der Waals surface area (Å²) in [5.74, 6) is 0.280. The fourth-order valence-corrected chi connectivity index (χ4v) is 3.25. The Labute approximate surface area is 145 Å². The normalized spacial score (nSPS) is 19.0. The van der Waals surface area contributed by atoms with E-state index in [1.54, 1.807) is 62.0 Å². The molecule has 1 atom stereocenters. The first-order valence-electron chi connectivity index (χ1n) is 7.87. The number of ether oxygens (including phenoxy) is 1. The van der Waals surface area contributed by atoms with Gasteiger partial charge < -0.3 is 9.84 Å². The summed E-state index contributed by atoms with van der Waals surface area (Å²) in [7, 11) is 1.55. The summed E-state index contributed by atoms with van der Waals surface area (Å²) < 4.78 is 5.24. The van der Waals surface area contributed by atoms with Crippen molar-refractivity contribution >= 4 is 11.6 Å². The molecular weight excluding hydrogens is 316 g/mol. The molecule has 124 valence electrons. The zero-order chi connectivity index (χ0) is 17.4. The van der Waals surface area contributed by atoms with E-state index in [0.29, 0.717) is 28.1 Å². The van der Waals surface area contributed by atoms with Gasteiger partial charge in [-0.2, -0.15) is 0 Å². The van der Waals surface area contributed by atoms with Crippen LogP contribution in [0.4, 0.5) is 5.69 Å². The van der Waals surface area contributed by atoms with E-state index >= 15 is 0 Å². The van der Waals surface area contributed by atoms with Gasteiger partial charge in [0.15, 0.2) is 5.72 Å². The van der Waals surface area contributed by atoms with Crippen molar-refractivity contribution in [3.63, 3.8) is 0 Å². The lowest BCUT2D eigenvalue weighted by atomic mass is 9.94. The van der Waals surface area contributed by atoms with Gasteiger partial charge in [-0.15, -0.1) is 0 Å². The van der Waals surface area contributed by atoms with E-state index in [9.17, 15) is 9.90 Å². The number of fused-ring (bicyclic) bond motifs is 1. The van der Waals surface area contributed by atoms with Crippen LogP contribution < -0.4 is 9.64 Å². The number of carbonyl (C=O) groups excluding carboxylic acids is 1. The number of pyridine rings is 1. The van der Waals surface area contributed by atoms with Crippen molar-refractivity contribution in [3.8, 4) is 5.75 Å². The first kappa shape index (κ1) is 15.4. The maximum atomic E-state index is 13.1. The number of rotatable bonds is 3. The average molecular weight is 332 g/mol. The van der Waals surface area contributed by atoms with Gasteiger partial charge in [0, 0.05) is 29.2 Å². The minimum absolute atomic E-state index is 0.286. The second-order valence-corrected chi connectivity index (χ2v) is 5.80. The van der Waals surface area contributed by atoms with Crippen LogP contribution in [0.2, 0.25) is 0 Å². The molecule has 4 rings (SSSR count). The zero-order valence-electron chi connectivity index (χ0n) is 13.6. The number of carbonyl (C=O) groups is 1. The van der Waals surface area contributed by atoms with Crippen LogP contribution in [-0.4, -0.2) is 23.1 Å². The molecule has 5 heteroatoms. The Morgan fingerprint density at radius 2 is 1.88 bits per heavy atom. The van der Waals surface area contributed by atoms with Crippen molar-refractivity contribution in [1.29, 1.82) is 0 Å². The Bertz CT molecular complexity index is 928. The fraction of sp³-hybridized carbons (Fsp3) is 0.100. The third kappa shape index (κ3) is 2.21. The molecule has 1 N–H and O–H groups in total. The third-order valence-electron chi connectivity index (χ3n) is 4.44. The summed E-state index contributed by atoms with van der Waals surface area (Å²) in [6.45, 7) is 0. The quantitative estimate of drug-likeness (QED) is 0.801. The molecule has 1 amide bonds. The van der Waals surface area contributed by atoms with Gasteiger partial charge in [0.25, 0.3) is 5.91 Å². The highest BCUT2D eigenvalue weighted by Crippen LogP contribution is 2.45. The van der Waals surface area contributed by atoms with Crippen LogP contribution in [-0.2, 0) is 5.72 Å². The number of hydrogen-bond acceptors (Lipinski definition) is 4. The fourth-order valence-electron chi connectivity index (χ4n) is 3.25. The van der Waals surface area contributed by atoms with Gasteiger partial charge in [0.1, 0.15) is 5.75 Å². The number of aromatic nitrogens is 1. The molecule has 1 unspecified atom stereocenters. The van der Waals surface area contributed by atoms with Crippen molar-refractivity contribution in [3.05, 3.63) is 89.7 Å². The zero-order valence-corrected chi connectivity index (χ0v) is 13.6. The van der Waals surface area contributed by atoms with E-state index < -0.39 is 5.72 Å². The van der Waals surface area contributed by atoms with Crippen molar-refractivity contribution in [2.45, 2.75) is 5.72 Å². The van der Waals surface area contributed by atoms with Crippen molar-refractivity contribution in [2.75, 3.05) is 12.0 Å². The number of benzene rings is 2. The Morgan fingerprint density at radius 3 is 2.56 bits per heavy atom. The molecule has 0 spiro atoms. The Kier molecular flexibility index (Phi) is 3.51. The SMILES string of the molecule is COc1ccc2c(c1)C(=O)N(c1ccccc1)C2(O)c1cccnc1. The van der Waals surface area contributed by atoms with E-state index in [1.165, 1.54) is 4.90 Å². The summed E-state index contributed by atoms with van der Waals surface area (Å²) in [6, 6.07) is 17.7. The predicted molar refractivity (Wildman–Crippen MR) is 93.5 cm³/mol. The summed E-state index contributed by atoms with van der Waals surface area (Å²) >= 11 is 0. The highest BCUT2D eigenvalue weighted by Gasteiger charge is 2.51. The molecule has 0 fully saturated rings. The van der Waals surface area contributed by atoms with Gasteiger partial charge in [0.05, 0.1) is 12.7 Å². The molecule has 0 saturated carbocycles. The lowest BCUT2D eigenvalue weighted by Crippen LogP contribution is -2.45. The monoisotopic (exact) mass is 332 g/mol. The summed E-state index contributed by atoms with van der Waals surface area (Å²) in [6.07, 6.45) is 3.20. The number of anilines is 1. The summed E-state index contributed by atoms with van der Waals surface area (Å²) in [5.41, 5.74) is 0.420. The second-order valence-electron chi connectivity index (χ2n) is 5.80. The second kappa shape index (κ2) is 5.72. The summed E-state index contributed by atoms with van der Waals surface area (Å²) in [4.78, 5) is 18.7. The maximum absolute atomic E-state index is 13.1. The molecule has 3 aromatic rings. The van der Waals surface area contributed by atoms with Crippen molar-refractivity contribution in [1.82, 2.24) is 4.98 Å². The van der Waals surface area contributed by atoms with E-state index in [1.807, 2.05) is 18.2 Å². The van der Waals surface area contributed by atoms with Crippen LogP contribution in [0.5, 0.6) is 5.75 Å². The molecular formula is C20H16N2O3. The Hall–Kier alpha value is -3.18. The lowest BCUT2D eigenvalue weighted by molar-refractivity contribution is 0.0701. The standard InChI is InChI=1S/C20H16N2O3/c1-25-16-9-10-18-17(12-16)19(23)22(15-7-3-2-4-8-15)20(18,24)14-6-5-11-21-13-14/h2-13,24H,1H3. The van der Waals surface area contributed by atoms with Crippen LogP contribution >= 0.6 is 0 Å². The van der Waals surface area contributed by atoms with E-state index in [-0.39, 0.29) is 5.91 Å². The largest absolute Gasteiger partial charge is 0.497 e. The molecule has 1 aromatic heterocycles. The molecule has 2 aromatic carbocycles. The van der Waals surface area contributed by atoms with Gasteiger partial charge in [-0.05, 0) is 36.4 Å². The number of aliphatic hydroxyl groups is 1. The number of methoxy groups -OCH3 is 1. The predicted octanol–water partition coefficient (Wildman–Crippen LogP) is 2.94. The first-order valence-corrected chi connectivity index (χ1v) is 7.87.